The third-order valence-corrected chi connectivity index (χ3v) is 4.32. The highest BCUT2D eigenvalue weighted by molar-refractivity contribution is 6.31. The summed E-state index contributed by atoms with van der Waals surface area (Å²) in [5.41, 5.74) is 2.29. The highest BCUT2D eigenvalue weighted by Gasteiger charge is 2.15. The highest BCUT2D eigenvalue weighted by Crippen LogP contribution is 2.24. The van der Waals surface area contributed by atoms with E-state index in [2.05, 4.69) is 10.4 Å². The lowest BCUT2D eigenvalue weighted by molar-refractivity contribution is 0.102. The molecule has 3 aromatic rings. The Labute approximate surface area is 161 Å². The van der Waals surface area contributed by atoms with E-state index in [0.717, 1.165) is 11.3 Å². The van der Waals surface area contributed by atoms with Crippen molar-refractivity contribution in [2.24, 2.45) is 0 Å². The average Bonchev–Trinajstić information content (AvgIpc) is 2.94. The number of hydrogen-bond acceptors (Lipinski definition) is 3. The standard InChI is InChI=1S/C19H17Cl2N3O2/c1-12-8-18(23-24(12)11-13-4-3-5-14(20)9-13)22-19(25)16-10-15(21)6-7-17(16)26-2/h3-10H,11H2,1-2H3,(H,22,23,25). The zero-order chi connectivity index (χ0) is 18.7. The van der Waals surface area contributed by atoms with E-state index in [4.69, 9.17) is 27.9 Å². The number of nitrogens with zero attached hydrogens (tertiary/aromatic N) is 2. The molecule has 0 saturated carbocycles. The minimum atomic E-state index is -0.336. The molecule has 0 saturated heterocycles. The molecule has 0 aliphatic rings. The van der Waals surface area contributed by atoms with Gasteiger partial charge >= 0.3 is 0 Å². The number of benzene rings is 2. The fraction of sp³-hybridized carbons (Fsp3) is 0.158. The molecule has 0 unspecified atom stereocenters. The maximum Gasteiger partial charge on any atom is 0.260 e. The monoisotopic (exact) mass is 389 g/mol. The van der Waals surface area contributed by atoms with Crippen LogP contribution in [0.5, 0.6) is 5.75 Å². The van der Waals surface area contributed by atoms with Crippen molar-refractivity contribution in [2.45, 2.75) is 13.5 Å². The number of anilines is 1. The summed E-state index contributed by atoms with van der Waals surface area (Å²) in [7, 11) is 1.50. The summed E-state index contributed by atoms with van der Waals surface area (Å²) in [5.74, 6) is 0.565. The Balaban J connectivity index is 1.79. The van der Waals surface area contributed by atoms with Gasteiger partial charge in [-0.1, -0.05) is 35.3 Å². The van der Waals surface area contributed by atoms with Crippen LogP contribution in [0.1, 0.15) is 21.6 Å². The number of carbonyl (C=O) groups is 1. The van der Waals surface area contributed by atoms with Gasteiger partial charge in [-0.3, -0.25) is 9.48 Å². The normalized spacial score (nSPS) is 10.6. The molecule has 5 nitrogen and oxygen atoms in total. The van der Waals surface area contributed by atoms with Gasteiger partial charge in [-0.05, 0) is 42.8 Å². The SMILES string of the molecule is COc1ccc(Cl)cc1C(=O)Nc1cc(C)n(Cc2cccc(Cl)c2)n1. The second kappa shape index (κ2) is 7.81. The number of halogens is 2. The predicted molar refractivity (Wildman–Crippen MR) is 103 cm³/mol. The average molecular weight is 390 g/mol. The van der Waals surface area contributed by atoms with Crippen LogP contribution in [-0.2, 0) is 6.54 Å². The van der Waals surface area contributed by atoms with Crippen LogP contribution in [0.4, 0.5) is 5.82 Å². The summed E-state index contributed by atoms with van der Waals surface area (Å²) in [6.45, 7) is 2.48. The number of nitrogens with one attached hydrogen (secondary N) is 1. The van der Waals surface area contributed by atoms with Crippen LogP contribution in [0.3, 0.4) is 0 Å². The van der Waals surface area contributed by atoms with Gasteiger partial charge < -0.3 is 10.1 Å². The van der Waals surface area contributed by atoms with E-state index in [1.165, 1.54) is 7.11 Å². The molecular weight excluding hydrogens is 373 g/mol. The largest absolute Gasteiger partial charge is 0.496 e. The van der Waals surface area contributed by atoms with Gasteiger partial charge in [0, 0.05) is 21.8 Å². The lowest BCUT2D eigenvalue weighted by Crippen LogP contribution is -2.14. The molecule has 1 amide bonds. The molecule has 1 aromatic heterocycles. The minimum Gasteiger partial charge on any atom is -0.496 e. The van der Waals surface area contributed by atoms with Crippen molar-refractivity contribution in [3.8, 4) is 5.75 Å². The Morgan fingerprint density at radius 3 is 2.65 bits per heavy atom. The third-order valence-electron chi connectivity index (χ3n) is 3.85. The van der Waals surface area contributed by atoms with Crippen LogP contribution in [0.2, 0.25) is 10.0 Å². The second-order valence-corrected chi connectivity index (χ2v) is 6.63. The molecule has 7 heteroatoms. The van der Waals surface area contributed by atoms with E-state index < -0.39 is 0 Å². The molecule has 1 N–H and O–H groups in total. The number of hydrogen-bond donors (Lipinski definition) is 1. The summed E-state index contributed by atoms with van der Waals surface area (Å²) < 4.78 is 7.02. The lowest BCUT2D eigenvalue weighted by Gasteiger charge is -2.08. The van der Waals surface area contributed by atoms with Gasteiger partial charge in [0.25, 0.3) is 5.91 Å². The van der Waals surface area contributed by atoms with Crippen LogP contribution >= 0.6 is 23.2 Å². The first-order chi connectivity index (χ1) is 12.5. The molecule has 1 heterocycles. The summed E-state index contributed by atoms with van der Waals surface area (Å²) in [6.07, 6.45) is 0. The van der Waals surface area contributed by atoms with Crippen LogP contribution in [-0.4, -0.2) is 22.8 Å². The Kier molecular flexibility index (Phi) is 5.49. The zero-order valence-corrected chi connectivity index (χ0v) is 15.8. The minimum absolute atomic E-state index is 0.336. The van der Waals surface area contributed by atoms with Crippen molar-refractivity contribution in [2.75, 3.05) is 12.4 Å². The molecule has 26 heavy (non-hydrogen) atoms. The smallest absolute Gasteiger partial charge is 0.260 e. The molecule has 134 valence electrons. The summed E-state index contributed by atoms with van der Waals surface area (Å²) in [4.78, 5) is 12.6. The van der Waals surface area contributed by atoms with Gasteiger partial charge in [0.2, 0.25) is 0 Å². The van der Waals surface area contributed by atoms with E-state index in [1.54, 1.807) is 28.9 Å². The molecule has 0 spiro atoms. The predicted octanol–water partition coefficient (Wildman–Crippen LogP) is 4.81. The molecule has 2 aromatic carbocycles. The molecule has 3 rings (SSSR count). The lowest BCUT2D eigenvalue weighted by atomic mass is 10.2. The van der Waals surface area contributed by atoms with Gasteiger partial charge in [0.05, 0.1) is 19.2 Å². The molecule has 0 bridgehead atoms. The van der Waals surface area contributed by atoms with Crippen molar-refractivity contribution in [1.29, 1.82) is 0 Å². The van der Waals surface area contributed by atoms with Crippen molar-refractivity contribution < 1.29 is 9.53 Å². The van der Waals surface area contributed by atoms with Gasteiger partial charge in [-0.2, -0.15) is 5.10 Å². The van der Waals surface area contributed by atoms with E-state index in [-0.39, 0.29) is 5.91 Å². The Hall–Kier alpha value is -2.50. The molecule has 0 fully saturated rings. The first-order valence-electron chi connectivity index (χ1n) is 7.90. The molecule has 0 aliphatic heterocycles. The van der Waals surface area contributed by atoms with Crippen molar-refractivity contribution >= 4 is 34.9 Å². The van der Waals surface area contributed by atoms with Gasteiger partial charge in [0.1, 0.15) is 5.75 Å². The number of ether oxygens (including phenoxy) is 1. The number of carbonyl (C=O) groups excluding carboxylic acids is 1. The van der Waals surface area contributed by atoms with Crippen LogP contribution in [0, 0.1) is 6.92 Å². The van der Waals surface area contributed by atoms with Gasteiger partial charge in [-0.25, -0.2) is 0 Å². The zero-order valence-electron chi connectivity index (χ0n) is 14.3. The molecule has 0 radical (unpaired) electrons. The Morgan fingerprint density at radius 1 is 1.15 bits per heavy atom. The third kappa shape index (κ3) is 4.18. The molecular formula is C19H17Cl2N3O2. The Morgan fingerprint density at radius 2 is 1.92 bits per heavy atom. The van der Waals surface area contributed by atoms with Crippen molar-refractivity contribution in [1.82, 2.24) is 9.78 Å². The number of amides is 1. The fourth-order valence-corrected chi connectivity index (χ4v) is 2.97. The van der Waals surface area contributed by atoms with Crippen molar-refractivity contribution in [3.63, 3.8) is 0 Å². The van der Waals surface area contributed by atoms with E-state index in [1.807, 2.05) is 31.2 Å². The maximum absolute atomic E-state index is 12.6. The summed E-state index contributed by atoms with van der Waals surface area (Å²) in [6, 6.07) is 14.3. The quantitative estimate of drug-likeness (QED) is 0.681. The van der Waals surface area contributed by atoms with Crippen molar-refractivity contribution in [3.05, 3.63) is 75.4 Å². The van der Waals surface area contributed by atoms with E-state index >= 15 is 0 Å². The number of rotatable bonds is 5. The molecule has 0 aliphatic carbocycles. The maximum atomic E-state index is 12.6. The Bertz CT molecular complexity index is 954. The first-order valence-corrected chi connectivity index (χ1v) is 8.65. The first kappa shape index (κ1) is 18.3. The van der Waals surface area contributed by atoms with Gasteiger partial charge in [0.15, 0.2) is 5.82 Å². The topological polar surface area (TPSA) is 56.1 Å². The second-order valence-electron chi connectivity index (χ2n) is 5.76. The van der Waals surface area contributed by atoms with Crippen LogP contribution in [0.15, 0.2) is 48.5 Å². The van der Waals surface area contributed by atoms with Gasteiger partial charge in [-0.15, -0.1) is 0 Å². The highest BCUT2D eigenvalue weighted by atomic mass is 35.5. The summed E-state index contributed by atoms with van der Waals surface area (Å²) >= 11 is 12.0. The van der Waals surface area contributed by atoms with Crippen LogP contribution in [0.25, 0.3) is 0 Å². The number of aromatic nitrogens is 2. The van der Waals surface area contributed by atoms with E-state index in [9.17, 15) is 4.79 Å². The number of aryl methyl sites for hydroxylation is 1. The fourth-order valence-electron chi connectivity index (χ4n) is 2.58. The number of methoxy groups -OCH3 is 1. The van der Waals surface area contributed by atoms with E-state index in [0.29, 0.717) is 33.7 Å². The summed E-state index contributed by atoms with van der Waals surface area (Å²) in [5, 5.41) is 8.36. The van der Waals surface area contributed by atoms with Crippen LogP contribution < -0.4 is 10.1 Å². The molecule has 0 atom stereocenters.